The van der Waals surface area contributed by atoms with Crippen LogP contribution < -0.4 is 11.1 Å². The first-order valence-electron chi connectivity index (χ1n) is 7.44. The Balaban J connectivity index is 0.00000361. The minimum absolute atomic E-state index is 0. The first-order valence-corrected chi connectivity index (χ1v) is 7.44. The summed E-state index contributed by atoms with van der Waals surface area (Å²) in [5.41, 5.74) is 5.85. The Kier molecular flexibility index (Phi) is 11.9. The van der Waals surface area contributed by atoms with Crippen LogP contribution in [0.25, 0.3) is 0 Å². The molecule has 0 aliphatic heterocycles. The lowest BCUT2D eigenvalue weighted by Gasteiger charge is -2.16. The number of nitrogens with zero attached hydrogens (tertiary/aromatic N) is 1. The van der Waals surface area contributed by atoms with E-state index in [4.69, 9.17) is 10.5 Å². The fraction of sp³-hybridized carbons (Fsp3) is 0.857. The molecular weight excluding hydrogens is 369 g/mol. The molecule has 0 spiro atoms. The molecule has 1 aliphatic rings. The van der Waals surface area contributed by atoms with Gasteiger partial charge in [0.1, 0.15) is 0 Å². The topological polar surface area (TPSA) is 76.7 Å². The van der Waals surface area contributed by atoms with Gasteiger partial charge in [0.15, 0.2) is 5.96 Å². The van der Waals surface area contributed by atoms with E-state index in [1.54, 1.807) is 0 Å². The highest BCUT2D eigenvalue weighted by atomic mass is 127. The van der Waals surface area contributed by atoms with Crippen molar-refractivity contribution >= 4 is 35.9 Å². The number of hydrogen-bond acceptors (Lipinski definition) is 3. The molecule has 20 heavy (non-hydrogen) atoms. The minimum atomic E-state index is -0.159. The lowest BCUT2D eigenvalue weighted by molar-refractivity contribution is -0.143. The Bertz CT molecular complexity index is 290. The van der Waals surface area contributed by atoms with Crippen LogP contribution in [0.2, 0.25) is 0 Å². The number of halogens is 1. The highest BCUT2D eigenvalue weighted by molar-refractivity contribution is 14.0. The summed E-state index contributed by atoms with van der Waals surface area (Å²) in [6, 6.07) is 0.469. The number of nitrogens with two attached hydrogens (primary N) is 1. The molecule has 0 aromatic carbocycles. The second kappa shape index (κ2) is 12.2. The molecule has 0 saturated heterocycles. The standard InChI is InChI=1S/C14H27N3O2.HI/c1-2-19-13(18)10-7-11-16-14(15)17-12-8-5-3-4-6-9-12;/h12H,2-11H2,1H3,(H3,15,16,17);1H. The number of hydrogen-bond donors (Lipinski definition) is 2. The Hall–Kier alpha value is -0.530. The largest absolute Gasteiger partial charge is 0.466 e. The monoisotopic (exact) mass is 397 g/mol. The zero-order valence-corrected chi connectivity index (χ0v) is 14.7. The van der Waals surface area contributed by atoms with Crippen LogP contribution in [-0.4, -0.2) is 31.1 Å². The van der Waals surface area contributed by atoms with Gasteiger partial charge in [0.05, 0.1) is 6.61 Å². The molecule has 1 aliphatic carbocycles. The van der Waals surface area contributed by atoms with Gasteiger partial charge in [0.2, 0.25) is 0 Å². The summed E-state index contributed by atoms with van der Waals surface area (Å²) in [5.74, 6) is 0.351. The highest BCUT2D eigenvalue weighted by Crippen LogP contribution is 2.16. The normalized spacial score (nSPS) is 16.9. The Labute approximate surface area is 139 Å². The van der Waals surface area contributed by atoms with Gasteiger partial charge in [-0.25, -0.2) is 0 Å². The molecule has 0 aromatic heterocycles. The van der Waals surface area contributed by atoms with Crippen molar-refractivity contribution in [1.82, 2.24) is 5.32 Å². The average Bonchev–Trinajstić information content (AvgIpc) is 2.64. The van der Waals surface area contributed by atoms with Crippen molar-refractivity contribution in [3.63, 3.8) is 0 Å². The number of esters is 1. The van der Waals surface area contributed by atoms with Gasteiger partial charge in [0, 0.05) is 19.0 Å². The molecule has 1 rings (SSSR count). The predicted octanol–water partition coefficient (Wildman–Crippen LogP) is 2.57. The molecule has 0 unspecified atom stereocenters. The van der Waals surface area contributed by atoms with Crippen LogP contribution in [0.3, 0.4) is 0 Å². The van der Waals surface area contributed by atoms with Gasteiger partial charge < -0.3 is 15.8 Å². The van der Waals surface area contributed by atoms with Crippen molar-refractivity contribution in [2.24, 2.45) is 10.7 Å². The van der Waals surface area contributed by atoms with E-state index < -0.39 is 0 Å². The summed E-state index contributed by atoms with van der Waals surface area (Å²) < 4.78 is 4.85. The van der Waals surface area contributed by atoms with E-state index in [0.717, 1.165) is 0 Å². The van der Waals surface area contributed by atoms with E-state index in [0.29, 0.717) is 38.0 Å². The van der Waals surface area contributed by atoms with Crippen LogP contribution in [0.15, 0.2) is 4.99 Å². The molecule has 0 bridgehead atoms. The number of guanidine groups is 1. The van der Waals surface area contributed by atoms with E-state index in [1.807, 2.05) is 6.92 Å². The van der Waals surface area contributed by atoms with Gasteiger partial charge in [-0.15, -0.1) is 24.0 Å². The van der Waals surface area contributed by atoms with E-state index in [1.165, 1.54) is 38.5 Å². The summed E-state index contributed by atoms with van der Waals surface area (Å²) in [7, 11) is 0. The third kappa shape index (κ3) is 9.39. The molecular formula is C14H28IN3O2. The first-order chi connectivity index (χ1) is 9.22. The smallest absolute Gasteiger partial charge is 0.305 e. The average molecular weight is 397 g/mol. The van der Waals surface area contributed by atoms with Gasteiger partial charge in [-0.1, -0.05) is 25.7 Å². The van der Waals surface area contributed by atoms with Gasteiger partial charge >= 0.3 is 5.97 Å². The molecule has 1 saturated carbocycles. The Morgan fingerprint density at radius 3 is 2.55 bits per heavy atom. The summed E-state index contributed by atoms with van der Waals surface area (Å²) in [5, 5.41) is 3.28. The molecule has 0 aromatic rings. The number of nitrogens with one attached hydrogen (secondary N) is 1. The van der Waals surface area contributed by atoms with Crippen LogP contribution in [0.4, 0.5) is 0 Å². The summed E-state index contributed by atoms with van der Waals surface area (Å²) >= 11 is 0. The zero-order valence-electron chi connectivity index (χ0n) is 12.4. The SMILES string of the molecule is CCOC(=O)CCCN=C(N)NC1CCCCCC1.I. The number of carbonyl (C=O) groups excluding carboxylic acids is 1. The van der Waals surface area contributed by atoms with E-state index in [2.05, 4.69) is 10.3 Å². The number of ether oxygens (including phenoxy) is 1. The third-order valence-electron chi connectivity index (χ3n) is 3.33. The van der Waals surface area contributed by atoms with E-state index in [-0.39, 0.29) is 29.9 Å². The van der Waals surface area contributed by atoms with Gasteiger partial charge in [-0.05, 0) is 26.2 Å². The molecule has 0 heterocycles. The van der Waals surface area contributed by atoms with Crippen LogP contribution in [-0.2, 0) is 9.53 Å². The molecule has 0 atom stereocenters. The molecule has 1 fully saturated rings. The fourth-order valence-electron chi connectivity index (χ4n) is 2.33. The Morgan fingerprint density at radius 2 is 1.95 bits per heavy atom. The molecule has 0 amide bonds. The lowest BCUT2D eigenvalue weighted by Crippen LogP contribution is -2.39. The van der Waals surface area contributed by atoms with Crippen LogP contribution in [0.1, 0.15) is 58.3 Å². The van der Waals surface area contributed by atoms with Crippen LogP contribution in [0, 0.1) is 0 Å². The lowest BCUT2D eigenvalue weighted by atomic mass is 10.1. The maximum atomic E-state index is 11.1. The molecule has 118 valence electrons. The highest BCUT2D eigenvalue weighted by Gasteiger charge is 2.12. The van der Waals surface area contributed by atoms with Crippen molar-refractivity contribution in [2.75, 3.05) is 13.2 Å². The maximum absolute atomic E-state index is 11.1. The maximum Gasteiger partial charge on any atom is 0.305 e. The molecule has 6 heteroatoms. The van der Waals surface area contributed by atoms with Crippen LogP contribution >= 0.6 is 24.0 Å². The van der Waals surface area contributed by atoms with Gasteiger partial charge in [-0.2, -0.15) is 0 Å². The van der Waals surface area contributed by atoms with Gasteiger partial charge in [0.25, 0.3) is 0 Å². The molecule has 0 radical (unpaired) electrons. The number of rotatable bonds is 6. The van der Waals surface area contributed by atoms with E-state index in [9.17, 15) is 4.79 Å². The fourth-order valence-corrected chi connectivity index (χ4v) is 2.33. The van der Waals surface area contributed by atoms with Crippen molar-refractivity contribution in [2.45, 2.75) is 64.3 Å². The second-order valence-electron chi connectivity index (χ2n) is 5.01. The molecule has 5 nitrogen and oxygen atoms in total. The quantitative estimate of drug-likeness (QED) is 0.180. The third-order valence-corrected chi connectivity index (χ3v) is 3.33. The van der Waals surface area contributed by atoms with E-state index >= 15 is 0 Å². The summed E-state index contributed by atoms with van der Waals surface area (Å²) in [6.45, 7) is 2.82. The van der Waals surface area contributed by atoms with Gasteiger partial charge in [-0.3, -0.25) is 9.79 Å². The summed E-state index contributed by atoms with van der Waals surface area (Å²) in [4.78, 5) is 15.4. The Morgan fingerprint density at radius 1 is 1.30 bits per heavy atom. The number of carbonyl (C=O) groups is 1. The predicted molar refractivity (Wildman–Crippen MR) is 92.4 cm³/mol. The van der Waals surface area contributed by atoms with Crippen molar-refractivity contribution in [3.05, 3.63) is 0 Å². The zero-order chi connectivity index (χ0) is 13.9. The second-order valence-corrected chi connectivity index (χ2v) is 5.01. The van der Waals surface area contributed by atoms with Crippen molar-refractivity contribution in [3.8, 4) is 0 Å². The minimum Gasteiger partial charge on any atom is -0.466 e. The first kappa shape index (κ1) is 19.5. The number of aliphatic imine (C=N–C) groups is 1. The molecule has 3 N–H and O–H groups in total. The van der Waals surface area contributed by atoms with Crippen molar-refractivity contribution < 1.29 is 9.53 Å². The summed E-state index contributed by atoms with van der Waals surface area (Å²) in [6.07, 6.45) is 8.66. The van der Waals surface area contributed by atoms with Crippen LogP contribution in [0.5, 0.6) is 0 Å². The van der Waals surface area contributed by atoms with Crippen molar-refractivity contribution in [1.29, 1.82) is 0 Å².